The summed E-state index contributed by atoms with van der Waals surface area (Å²) >= 11 is 0. The zero-order valence-corrected chi connectivity index (χ0v) is 12.3. The molecule has 4 nitrogen and oxygen atoms in total. The maximum Gasteiger partial charge on any atom is 0.196 e. The lowest BCUT2D eigenvalue weighted by molar-refractivity contribution is 0.415. The van der Waals surface area contributed by atoms with Crippen molar-refractivity contribution in [2.75, 3.05) is 20.2 Å². The first-order valence-corrected chi connectivity index (χ1v) is 6.99. The van der Waals surface area contributed by atoms with E-state index in [1.54, 1.807) is 13.3 Å². The average molecular weight is 274 g/mol. The normalized spacial score (nSPS) is 11.0. The summed E-state index contributed by atoms with van der Waals surface area (Å²) in [6.07, 6.45) is 2.59. The van der Waals surface area contributed by atoms with E-state index < -0.39 is 0 Å². The third kappa shape index (κ3) is 4.10. The van der Waals surface area contributed by atoms with Gasteiger partial charge in [-0.25, -0.2) is 4.98 Å². The van der Waals surface area contributed by atoms with Gasteiger partial charge < -0.3 is 14.5 Å². The Labute approximate surface area is 120 Å². The minimum atomic E-state index is 0.662. The van der Waals surface area contributed by atoms with Crippen LogP contribution in [0.1, 0.15) is 19.7 Å². The van der Waals surface area contributed by atoms with Gasteiger partial charge in [-0.2, -0.15) is 0 Å². The number of oxazole rings is 1. The van der Waals surface area contributed by atoms with Crippen LogP contribution in [0.2, 0.25) is 0 Å². The minimum absolute atomic E-state index is 0.662. The van der Waals surface area contributed by atoms with E-state index in [1.165, 1.54) is 0 Å². The molecule has 0 aliphatic rings. The van der Waals surface area contributed by atoms with Crippen LogP contribution in [0.15, 0.2) is 34.9 Å². The van der Waals surface area contributed by atoms with Gasteiger partial charge in [-0.3, -0.25) is 0 Å². The number of hydrogen-bond donors (Lipinski definition) is 1. The fourth-order valence-electron chi connectivity index (χ4n) is 1.90. The number of benzene rings is 1. The molecule has 2 aromatic rings. The standard InChI is InChI=1S/C16H22N2O2/c1-12(2)10-17-9-8-16-18-11-15(20-16)13-4-6-14(19-3)7-5-13/h4-7,11-12,17H,8-10H2,1-3H3. The molecule has 0 atom stereocenters. The number of ether oxygens (including phenoxy) is 1. The Morgan fingerprint density at radius 1 is 1.25 bits per heavy atom. The van der Waals surface area contributed by atoms with Crippen molar-refractivity contribution in [1.82, 2.24) is 10.3 Å². The van der Waals surface area contributed by atoms with E-state index in [-0.39, 0.29) is 0 Å². The van der Waals surface area contributed by atoms with Crippen molar-refractivity contribution in [2.24, 2.45) is 5.92 Å². The predicted molar refractivity (Wildman–Crippen MR) is 79.9 cm³/mol. The number of rotatable bonds is 7. The first kappa shape index (κ1) is 14.6. The molecular formula is C16H22N2O2. The van der Waals surface area contributed by atoms with Crippen LogP contribution in [0.4, 0.5) is 0 Å². The quantitative estimate of drug-likeness (QED) is 0.788. The van der Waals surface area contributed by atoms with Gasteiger partial charge in [-0.1, -0.05) is 13.8 Å². The molecule has 2 rings (SSSR count). The molecule has 0 unspecified atom stereocenters. The van der Waals surface area contributed by atoms with Gasteiger partial charge in [0.05, 0.1) is 13.3 Å². The van der Waals surface area contributed by atoms with Crippen LogP contribution in [0.25, 0.3) is 11.3 Å². The third-order valence-electron chi connectivity index (χ3n) is 3.00. The molecule has 1 aromatic carbocycles. The summed E-state index contributed by atoms with van der Waals surface area (Å²) in [6.45, 7) is 6.30. The number of aromatic nitrogens is 1. The lowest BCUT2D eigenvalue weighted by Gasteiger charge is -2.05. The second-order valence-corrected chi connectivity index (χ2v) is 5.19. The molecule has 1 N–H and O–H groups in total. The third-order valence-corrected chi connectivity index (χ3v) is 3.00. The summed E-state index contributed by atoms with van der Waals surface area (Å²) in [5, 5.41) is 3.38. The maximum atomic E-state index is 5.76. The van der Waals surface area contributed by atoms with E-state index in [4.69, 9.17) is 9.15 Å². The fourth-order valence-corrected chi connectivity index (χ4v) is 1.90. The molecule has 0 fully saturated rings. The van der Waals surface area contributed by atoms with Gasteiger partial charge in [0.15, 0.2) is 11.7 Å². The van der Waals surface area contributed by atoms with E-state index in [0.717, 1.165) is 42.5 Å². The number of nitrogens with zero attached hydrogens (tertiary/aromatic N) is 1. The summed E-state index contributed by atoms with van der Waals surface area (Å²) in [7, 11) is 1.66. The number of nitrogens with one attached hydrogen (secondary N) is 1. The van der Waals surface area contributed by atoms with Gasteiger partial charge in [0, 0.05) is 18.5 Å². The average Bonchev–Trinajstić information content (AvgIpc) is 2.92. The molecule has 0 amide bonds. The smallest absolute Gasteiger partial charge is 0.196 e. The zero-order valence-electron chi connectivity index (χ0n) is 12.3. The van der Waals surface area contributed by atoms with Crippen LogP contribution < -0.4 is 10.1 Å². The highest BCUT2D eigenvalue weighted by molar-refractivity contribution is 5.57. The first-order chi connectivity index (χ1) is 9.69. The summed E-state index contributed by atoms with van der Waals surface area (Å²) in [5.41, 5.74) is 1.01. The summed E-state index contributed by atoms with van der Waals surface area (Å²) in [5.74, 6) is 3.07. The second-order valence-electron chi connectivity index (χ2n) is 5.19. The summed E-state index contributed by atoms with van der Waals surface area (Å²) in [6, 6.07) is 7.78. The zero-order chi connectivity index (χ0) is 14.4. The van der Waals surface area contributed by atoms with E-state index in [1.807, 2.05) is 24.3 Å². The molecule has 20 heavy (non-hydrogen) atoms. The van der Waals surface area contributed by atoms with Crippen LogP contribution in [0.3, 0.4) is 0 Å². The van der Waals surface area contributed by atoms with E-state index in [9.17, 15) is 0 Å². The van der Waals surface area contributed by atoms with Gasteiger partial charge in [-0.05, 0) is 36.7 Å². The molecule has 108 valence electrons. The highest BCUT2D eigenvalue weighted by atomic mass is 16.5. The van der Waals surface area contributed by atoms with Crippen molar-refractivity contribution in [1.29, 1.82) is 0 Å². The van der Waals surface area contributed by atoms with Crippen LogP contribution in [0.5, 0.6) is 5.75 Å². The van der Waals surface area contributed by atoms with Gasteiger partial charge in [-0.15, -0.1) is 0 Å². The molecule has 0 aliphatic carbocycles. The van der Waals surface area contributed by atoms with Crippen molar-refractivity contribution >= 4 is 0 Å². The number of hydrogen-bond acceptors (Lipinski definition) is 4. The van der Waals surface area contributed by atoms with Crippen LogP contribution in [-0.2, 0) is 6.42 Å². The van der Waals surface area contributed by atoms with E-state index in [0.29, 0.717) is 5.92 Å². The summed E-state index contributed by atoms with van der Waals surface area (Å²) < 4.78 is 10.9. The molecule has 1 aromatic heterocycles. The van der Waals surface area contributed by atoms with Crippen molar-refractivity contribution in [3.63, 3.8) is 0 Å². The van der Waals surface area contributed by atoms with Gasteiger partial charge in [0.2, 0.25) is 0 Å². The van der Waals surface area contributed by atoms with Gasteiger partial charge >= 0.3 is 0 Å². The van der Waals surface area contributed by atoms with Crippen molar-refractivity contribution in [3.05, 3.63) is 36.4 Å². The Balaban J connectivity index is 1.90. The lowest BCUT2D eigenvalue weighted by atomic mass is 10.2. The highest BCUT2D eigenvalue weighted by Crippen LogP contribution is 2.23. The predicted octanol–water partition coefficient (Wildman–Crippen LogP) is 3.14. The monoisotopic (exact) mass is 274 g/mol. The van der Waals surface area contributed by atoms with Gasteiger partial charge in [0.25, 0.3) is 0 Å². The first-order valence-electron chi connectivity index (χ1n) is 6.99. The Morgan fingerprint density at radius 3 is 2.65 bits per heavy atom. The van der Waals surface area contributed by atoms with Crippen LogP contribution >= 0.6 is 0 Å². The maximum absolute atomic E-state index is 5.76. The van der Waals surface area contributed by atoms with Crippen LogP contribution in [0, 0.1) is 5.92 Å². The summed E-state index contributed by atoms with van der Waals surface area (Å²) in [4.78, 5) is 4.31. The SMILES string of the molecule is COc1ccc(-c2cnc(CCNCC(C)C)o2)cc1. The Kier molecular flexibility index (Phi) is 5.18. The van der Waals surface area contributed by atoms with Crippen LogP contribution in [-0.4, -0.2) is 25.2 Å². The topological polar surface area (TPSA) is 47.3 Å². The highest BCUT2D eigenvalue weighted by Gasteiger charge is 2.06. The molecule has 0 aliphatic heterocycles. The second kappa shape index (κ2) is 7.10. The Hall–Kier alpha value is -1.81. The molecule has 1 heterocycles. The molecule has 0 bridgehead atoms. The number of methoxy groups -OCH3 is 1. The largest absolute Gasteiger partial charge is 0.497 e. The molecule has 0 saturated heterocycles. The van der Waals surface area contributed by atoms with Crippen molar-refractivity contribution in [2.45, 2.75) is 20.3 Å². The Morgan fingerprint density at radius 2 is 2.00 bits per heavy atom. The van der Waals surface area contributed by atoms with Crippen molar-refractivity contribution < 1.29 is 9.15 Å². The molecular weight excluding hydrogens is 252 g/mol. The fraction of sp³-hybridized carbons (Fsp3) is 0.438. The van der Waals surface area contributed by atoms with Crippen molar-refractivity contribution in [3.8, 4) is 17.1 Å². The van der Waals surface area contributed by atoms with E-state index >= 15 is 0 Å². The molecule has 0 saturated carbocycles. The van der Waals surface area contributed by atoms with Gasteiger partial charge in [0.1, 0.15) is 5.75 Å². The molecule has 0 radical (unpaired) electrons. The Bertz CT molecular complexity index is 518. The lowest BCUT2D eigenvalue weighted by Crippen LogP contribution is -2.22. The minimum Gasteiger partial charge on any atom is -0.497 e. The molecule has 4 heteroatoms. The van der Waals surface area contributed by atoms with E-state index in [2.05, 4.69) is 24.1 Å². The molecule has 0 spiro atoms.